The van der Waals surface area contributed by atoms with Crippen LogP contribution in [-0.2, 0) is 0 Å². The van der Waals surface area contributed by atoms with Gasteiger partial charge in [-0.05, 0) is 37.2 Å². The summed E-state index contributed by atoms with van der Waals surface area (Å²) in [5, 5.41) is 6.77. The van der Waals surface area contributed by atoms with Gasteiger partial charge in [0, 0.05) is 12.1 Å². The molecule has 0 radical (unpaired) electrons. The fourth-order valence-corrected chi connectivity index (χ4v) is 3.00. The second-order valence-electron chi connectivity index (χ2n) is 6.50. The lowest BCUT2D eigenvalue weighted by molar-refractivity contribution is 0.0908. The zero-order valence-corrected chi connectivity index (χ0v) is 16.4. The topological polar surface area (TPSA) is 71.3 Å². The fourth-order valence-electron chi connectivity index (χ4n) is 3.00. The van der Waals surface area contributed by atoms with Crippen LogP contribution in [0.25, 0.3) is 22.5 Å². The van der Waals surface area contributed by atoms with Gasteiger partial charge >= 0.3 is 11.8 Å². The molecular formula is C22H26N4O2. The number of benzene rings is 2. The van der Waals surface area contributed by atoms with E-state index in [0.717, 1.165) is 42.7 Å². The number of hydrogen-bond donors (Lipinski definition) is 1. The molecule has 0 unspecified atom stereocenters. The number of carbonyl (C=O) groups excluding carboxylic acids is 1. The van der Waals surface area contributed by atoms with Crippen molar-refractivity contribution >= 4 is 5.91 Å². The third-order valence-electron chi connectivity index (χ3n) is 4.70. The molecule has 0 spiro atoms. The van der Waals surface area contributed by atoms with Gasteiger partial charge in [0.25, 0.3) is 0 Å². The minimum absolute atomic E-state index is 0.00928. The molecule has 0 aliphatic heterocycles. The Hall–Kier alpha value is -2.99. The highest BCUT2D eigenvalue weighted by Gasteiger charge is 2.15. The van der Waals surface area contributed by atoms with Gasteiger partial charge in [-0.25, -0.2) is 0 Å². The van der Waals surface area contributed by atoms with Crippen LogP contribution >= 0.6 is 0 Å². The maximum absolute atomic E-state index is 12.2. The van der Waals surface area contributed by atoms with Gasteiger partial charge in [-0.3, -0.25) is 4.79 Å². The number of carbonyl (C=O) groups is 1. The van der Waals surface area contributed by atoms with Crippen LogP contribution in [0.3, 0.4) is 0 Å². The molecule has 1 amide bonds. The summed E-state index contributed by atoms with van der Waals surface area (Å²) < 4.78 is 5.13. The highest BCUT2D eigenvalue weighted by Crippen LogP contribution is 2.23. The second-order valence-corrected chi connectivity index (χ2v) is 6.50. The van der Waals surface area contributed by atoms with Crippen molar-refractivity contribution in [3.05, 3.63) is 60.5 Å². The van der Waals surface area contributed by atoms with Gasteiger partial charge in [-0.2, -0.15) is 4.98 Å². The van der Waals surface area contributed by atoms with Gasteiger partial charge in [0.15, 0.2) is 0 Å². The molecule has 1 aromatic heterocycles. The van der Waals surface area contributed by atoms with Crippen molar-refractivity contribution in [1.82, 2.24) is 20.4 Å². The van der Waals surface area contributed by atoms with Crippen molar-refractivity contribution in [3.63, 3.8) is 0 Å². The standard InChI is InChI=1S/C22H26N4O2/c1-3-26(4-2)16-8-15-23-21(27)22-24-20(25-28-22)19-13-11-18(12-14-19)17-9-6-5-7-10-17/h5-7,9-14H,3-4,8,15-16H2,1-2H3,(H,23,27). The van der Waals surface area contributed by atoms with Crippen LogP contribution in [0.15, 0.2) is 59.1 Å². The van der Waals surface area contributed by atoms with Crippen LogP contribution in [0.1, 0.15) is 31.0 Å². The summed E-state index contributed by atoms with van der Waals surface area (Å²) in [4.78, 5) is 18.7. The lowest BCUT2D eigenvalue weighted by Crippen LogP contribution is -2.30. The van der Waals surface area contributed by atoms with Crippen molar-refractivity contribution in [2.24, 2.45) is 0 Å². The van der Waals surface area contributed by atoms with Gasteiger partial charge in [-0.1, -0.05) is 73.6 Å². The Morgan fingerprint density at radius 1 is 0.964 bits per heavy atom. The first-order valence-corrected chi connectivity index (χ1v) is 9.71. The molecular weight excluding hydrogens is 352 g/mol. The number of nitrogens with zero attached hydrogens (tertiary/aromatic N) is 3. The average molecular weight is 378 g/mol. The Bertz CT molecular complexity index is 871. The van der Waals surface area contributed by atoms with E-state index in [2.05, 4.69) is 46.3 Å². The lowest BCUT2D eigenvalue weighted by Gasteiger charge is -2.17. The number of nitrogens with one attached hydrogen (secondary N) is 1. The summed E-state index contributed by atoms with van der Waals surface area (Å²) in [6.45, 7) is 7.83. The Balaban J connectivity index is 1.57. The number of rotatable bonds is 9. The van der Waals surface area contributed by atoms with Crippen molar-refractivity contribution in [2.45, 2.75) is 20.3 Å². The fraction of sp³-hybridized carbons (Fsp3) is 0.318. The summed E-state index contributed by atoms with van der Waals surface area (Å²) in [5.41, 5.74) is 3.06. The van der Waals surface area contributed by atoms with E-state index in [4.69, 9.17) is 4.52 Å². The van der Waals surface area contributed by atoms with Crippen LogP contribution in [0.2, 0.25) is 0 Å². The zero-order chi connectivity index (χ0) is 19.8. The smallest absolute Gasteiger partial charge is 0.316 e. The van der Waals surface area contributed by atoms with Gasteiger partial charge < -0.3 is 14.7 Å². The van der Waals surface area contributed by atoms with E-state index < -0.39 is 0 Å². The van der Waals surface area contributed by atoms with E-state index >= 15 is 0 Å². The van der Waals surface area contributed by atoms with Gasteiger partial charge in [0.05, 0.1) is 0 Å². The largest absolute Gasteiger partial charge is 0.348 e. The molecule has 0 aliphatic carbocycles. The lowest BCUT2D eigenvalue weighted by atomic mass is 10.0. The van der Waals surface area contributed by atoms with Crippen LogP contribution in [0, 0.1) is 0 Å². The molecule has 146 valence electrons. The highest BCUT2D eigenvalue weighted by atomic mass is 16.5. The first-order chi connectivity index (χ1) is 13.7. The summed E-state index contributed by atoms with van der Waals surface area (Å²) in [6.07, 6.45) is 0.884. The summed E-state index contributed by atoms with van der Waals surface area (Å²) in [5.74, 6) is 0.0667. The van der Waals surface area contributed by atoms with Crippen LogP contribution in [0.4, 0.5) is 0 Å². The predicted octanol–water partition coefficient (Wildman–Crippen LogP) is 3.87. The monoisotopic (exact) mass is 378 g/mol. The van der Waals surface area contributed by atoms with E-state index in [9.17, 15) is 4.79 Å². The van der Waals surface area contributed by atoms with Gasteiger partial charge in [-0.15, -0.1) is 0 Å². The maximum atomic E-state index is 12.2. The van der Waals surface area contributed by atoms with Crippen molar-refractivity contribution < 1.29 is 9.32 Å². The van der Waals surface area contributed by atoms with Crippen LogP contribution < -0.4 is 5.32 Å². The second kappa shape index (κ2) is 9.80. The Morgan fingerprint density at radius 3 is 2.29 bits per heavy atom. The van der Waals surface area contributed by atoms with E-state index in [0.29, 0.717) is 12.4 Å². The number of amides is 1. The van der Waals surface area contributed by atoms with E-state index in [1.54, 1.807) is 0 Å². The molecule has 0 saturated heterocycles. The van der Waals surface area contributed by atoms with Gasteiger partial charge in [0.2, 0.25) is 5.82 Å². The molecule has 0 saturated carbocycles. The number of aromatic nitrogens is 2. The minimum Gasteiger partial charge on any atom is -0.348 e. The number of hydrogen-bond acceptors (Lipinski definition) is 5. The third kappa shape index (κ3) is 5.04. The first kappa shape index (κ1) is 19.8. The van der Waals surface area contributed by atoms with Crippen molar-refractivity contribution in [3.8, 4) is 22.5 Å². The minimum atomic E-state index is -0.334. The zero-order valence-electron chi connectivity index (χ0n) is 16.4. The Kier molecular flexibility index (Phi) is 6.92. The maximum Gasteiger partial charge on any atom is 0.316 e. The van der Waals surface area contributed by atoms with E-state index in [-0.39, 0.29) is 11.8 Å². The molecule has 3 rings (SSSR count). The average Bonchev–Trinajstić information content (AvgIpc) is 3.25. The van der Waals surface area contributed by atoms with E-state index in [1.165, 1.54) is 0 Å². The molecule has 2 aromatic carbocycles. The molecule has 0 aliphatic rings. The molecule has 1 N–H and O–H groups in total. The third-order valence-corrected chi connectivity index (χ3v) is 4.70. The normalized spacial score (nSPS) is 11.0. The SMILES string of the molecule is CCN(CC)CCCNC(=O)c1nc(-c2ccc(-c3ccccc3)cc2)no1. The van der Waals surface area contributed by atoms with Crippen molar-refractivity contribution in [1.29, 1.82) is 0 Å². The predicted molar refractivity (Wildman–Crippen MR) is 110 cm³/mol. The summed E-state index contributed by atoms with van der Waals surface area (Å²) >= 11 is 0. The Morgan fingerprint density at radius 2 is 1.61 bits per heavy atom. The molecule has 28 heavy (non-hydrogen) atoms. The first-order valence-electron chi connectivity index (χ1n) is 9.71. The summed E-state index contributed by atoms with van der Waals surface area (Å²) in [6, 6.07) is 18.0. The van der Waals surface area contributed by atoms with Crippen molar-refractivity contribution in [2.75, 3.05) is 26.2 Å². The molecule has 1 heterocycles. The Labute approximate surface area is 165 Å². The molecule has 0 fully saturated rings. The summed E-state index contributed by atoms with van der Waals surface area (Å²) in [7, 11) is 0. The van der Waals surface area contributed by atoms with Crippen LogP contribution in [0.5, 0.6) is 0 Å². The van der Waals surface area contributed by atoms with Gasteiger partial charge in [0.1, 0.15) is 0 Å². The highest BCUT2D eigenvalue weighted by molar-refractivity contribution is 5.89. The quantitative estimate of drug-likeness (QED) is 0.573. The molecule has 6 heteroatoms. The molecule has 6 nitrogen and oxygen atoms in total. The molecule has 3 aromatic rings. The van der Waals surface area contributed by atoms with Crippen LogP contribution in [-0.4, -0.2) is 47.1 Å². The molecule has 0 atom stereocenters. The molecule has 0 bridgehead atoms. The van der Waals surface area contributed by atoms with E-state index in [1.807, 2.05) is 42.5 Å².